The number of piperidine rings is 1. The molecule has 1 aliphatic heterocycles. The molecule has 2 unspecified atom stereocenters. The highest BCUT2D eigenvalue weighted by Gasteiger charge is 2.28. The van der Waals surface area contributed by atoms with E-state index in [1.165, 1.54) is 4.90 Å². The number of carbonyl (C=O) groups excluding carboxylic acids is 2. The number of nitrogens with zero attached hydrogens (tertiary/aromatic N) is 1. The normalized spacial score (nSPS) is 19.6. The molecule has 0 aromatic heterocycles. The molecule has 0 bridgehead atoms. The number of aliphatic carboxylic acids is 1. The van der Waals surface area contributed by atoms with Gasteiger partial charge in [-0.15, -0.1) is 0 Å². The summed E-state index contributed by atoms with van der Waals surface area (Å²) in [5.74, 6) is -1.63. The maximum atomic E-state index is 12.1. The minimum atomic E-state index is -0.859. The first-order chi connectivity index (χ1) is 10.3. The van der Waals surface area contributed by atoms with Crippen molar-refractivity contribution in [3.63, 3.8) is 0 Å². The van der Waals surface area contributed by atoms with Gasteiger partial charge in [0.15, 0.2) is 0 Å². The first kappa shape index (κ1) is 18.3. The number of carbonyl (C=O) groups is 3. The Kier molecular flexibility index (Phi) is 7.14. The van der Waals surface area contributed by atoms with E-state index in [1.807, 2.05) is 6.92 Å². The van der Waals surface area contributed by atoms with E-state index in [0.717, 1.165) is 0 Å². The van der Waals surface area contributed by atoms with Gasteiger partial charge < -0.3 is 20.1 Å². The molecule has 0 aliphatic carbocycles. The topological polar surface area (TPSA) is 95.9 Å². The van der Waals surface area contributed by atoms with Gasteiger partial charge in [-0.25, -0.2) is 4.79 Å². The van der Waals surface area contributed by atoms with Crippen LogP contribution in [0, 0.1) is 5.92 Å². The SMILES string of the molecule is CC(CCC(=O)OC(C)C)NC(=O)N1CCCC(C(=O)O)C1. The van der Waals surface area contributed by atoms with Crippen molar-refractivity contribution < 1.29 is 24.2 Å². The molecule has 2 atom stereocenters. The molecule has 0 radical (unpaired) electrons. The van der Waals surface area contributed by atoms with Crippen LogP contribution < -0.4 is 5.32 Å². The number of carboxylic acids is 1. The van der Waals surface area contributed by atoms with Gasteiger partial charge >= 0.3 is 18.0 Å². The van der Waals surface area contributed by atoms with E-state index in [2.05, 4.69) is 5.32 Å². The third-order valence-electron chi connectivity index (χ3n) is 3.58. The Bertz CT molecular complexity index is 411. The molecule has 7 heteroatoms. The fraction of sp³-hybridized carbons (Fsp3) is 0.800. The van der Waals surface area contributed by atoms with Gasteiger partial charge in [0.25, 0.3) is 0 Å². The van der Waals surface area contributed by atoms with E-state index in [4.69, 9.17) is 9.84 Å². The van der Waals surface area contributed by atoms with Gasteiger partial charge in [0.2, 0.25) is 0 Å². The zero-order chi connectivity index (χ0) is 16.7. The van der Waals surface area contributed by atoms with E-state index >= 15 is 0 Å². The monoisotopic (exact) mass is 314 g/mol. The number of likely N-dealkylation sites (tertiary alicyclic amines) is 1. The van der Waals surface area contributed by atoms with Crippen molar-refractivity contribution in [2.75, 3.05) is 13.1 Å². The standard InChI is InChI=1S/C15H26N2O5/c1-10(2)22-13(18)7-6-11(3)16-15(21)17-8-4-5-12(9-17)14(19)20/h10-12H,4-9H2,1-3H3,(H,16,21)(H,19,20). The lowest BCUT2D eigenvalue weighted by Gasteiger charge is -2.31. The molecule has 1 saturated heterocycles. The van der Waals surface area contributed by atoms with Gasteiger partial charge in [0, 0.05) is 25.6 Å². The highest BCUT2D eigenvalue weighted by Crippen LogP contribution is 2.16. The number of hydrogen-bond acceptors (Lipinski definition) is 4. The fourth-order valence-corrected chi connectivity index (χ4v) is 2.39. The fourth-order valence-electron chi connectivity index (χ4n) is 2.39. The number of amides is 2. The second kappa shape index (κ2) is 8.60. The zero-order valence-corrected chi connectivity index (χ0v) is 13.5. The van der Waals surface area contributed by atoms with Crippen molar-refractivity contribution in [3.8, 4) is 0 Å². The maximum Gasteiger partial charge on any atom is 0.317 e. The van der Waals surface area contributed by atoms with Gasteiger partial charge in [0.05, 0.1) is 12.0 Å². The summed E-state index contributed by atoms with van der Waals surface area (Å²) in [7, 11) is 0. The molecule has 0 spiro atoms. The molecule has 2 amide bonds. The van der Waals surface area contributed by atoms with Gasteiger partial charge in [0.1, 0.15) is 0 Å². The minimum Gasteiger partial charge on any atom is -0.481 e. The molecule has 0 saturated carbocycles. The average Bonchev–Trinajstić information content (AvgIpc) is 2.44. The van der Waals surface area contributed by atoms with Crippen LogP contribution in [0.25, 0.3) is 0 Å². The lowest BCUT2D eigenvalue weighted by molar-refractivity contribution is -0.147. The molecule has 0 aromatic carbocycles. The molecular formula is C15H26N2O5. The minimum absolute atomic E-state index is 0.140. The number of esters is 1. The van der Waals surface area contributed by atoms with Crippen LogP contribution in [0.15, 0.2) is 0 Å². The summed E-state index contributed by atoms with van der Waals surface area (Å²) in [6, 6.07) is -0.437. The van der Waals surface area contributed by atoms with Crippen molar-refractivity contribution in [3.05, 3.63) is 0 Å². The lowest BCUT2D eigenvalue weighted by Crippen LogP contribution is -2.49. The maximum absolute atomic E-state index is 12.1. The predicted molar refractivity (Wildman–Crippen MR) is 80.4 cm³/mol. The summed E-state index contributed by atoms with van der Waals surface area (Å²) in [4.78, 5) is 36.1. The quantitative estimate of drug-likeness (QED) is 0.726. The molecule has 0 aromatic rings. The van der Waals surface area contributed by atoms with E-state index in [0.29, 0.717) is 25.8 Å². The van der Waals surface area contributed by atoms with Crippen molar-refractivity contribution in [1.82, 2.24) is 10.2 Å². The second-order valence-electron chi connectivity index (χ2n) is 6.05. The van der Waals surface area contributed by atoms with Crippen molar-refractivity contribution >= 4 is 18.0 Å². The smallest absolute Gasteiger partial charge is 0.317 e. The first-order valence-electron chi connectivity index (χ1n) is 7.77. The highest BCUT2D eigenvalue weighted by molar-refractivity contribution is 5.77. The zero-order valence-electron chi connectivity index (χ0n) is 13.5. The molecule has 1 rings (SSSR count). The Morgan fingerprint density at radius 2 is 2.00 bits per heavy atom. The molecule has 2 N–H and O–H groups in total. The van der Waals surface area contributed by atoms with E-state index < -0.39 is 11.9 Å². The van der Waals surface area contributed by atoms with Crippen LogP contribution in [-0.2, 0) is 14.3 Å². The van der Waals surface area contributed by atoms with E-state index in [1.54, 1.807) is 13.8 Å². The van der Waals surface area contributed by atoms with Gasteiger partial charge in [-0.3, -0.25) is 9.59 Å². The number of hydrogen-bond donors (Lipinski definition) is 2. The summed E-state index contributed by atoms with van der Waals surface area (Å²) >= 11 is 0. The Morgan fingerprint density at radius 3 is 2.59 bits per heavy atom. The number of rotatable bonds is 6. The van der Waals surface area contributed by atoms with Crippen LogP contribution in [0.4, 0.5) is 4.79 Å². The van der Waals surface area contributed by atoms with E-state index in [-0.39, 0.29) is 37.1 Å². The van der Waals surface area contributed by atoms with Crippen LogP contribution in [-0.4, -0.2) is 53.2 Å². The Morgan fingerprint density at radius 1 is 1.32 bits per heavy atom. The summed E-state index contributed by atoms with van der Waals surface area (Å²) in [6.07, 6.45) is 1.90. The van der Waals surface area contributed by atoms with Crippen LogP contribution >= 0.6 is 0 Å². The predicted octanol–water partition coefficient (Wildman–Crippen LogP) is 1.61. The van der Waals surface area contributed by atoms with Crippen molar-refractivity contribution in [1.29, 1.82) is 0 Å². The third-order valence-corrected chi connectivity index (χ3v) is 3.58. The van der Waals surface area contributed by atoms with Crippen LogP contribution in [0.3, 0.4) is 0 Å². The van der Waals surface area contributed by atoms with Crippen LogP contribution in [0.5, 0.6) is 0 Å². The molecule has 126 valence electrons. The van der Waals surface area contributed by atoms with Crippen molar-refractivity contribution in [2.45, 2.75) is 58.6 Å². The summed E-state index contributed by atoms with van der Waals surface area (Å²) in [5, 5.41) is 11.8. The highest BCUT2D eigenvalue weighted by atomic mass is 16.5. The van der Waals surface area contributed by atoms with Gasteiger partial charge in [-0.05, 0) is 40.0 Å². The number of carboxylic acid groups (broad SMARTS) is 1. The molecule has 1 fully saturated rings. The van der Waals surface area contributed by atoms with Crippen LogP contribution in [0.1, 0.15) is 46.5 Å². The first-order valence-corrected chi connectivity index (χ1v) is 7.77. The second-order valence-corrected chi connectivity index (χ2v) is 6.05. The molecule has 7 nitrogen and oxygen atoms in total. The van der Waals surface area contributed by atoms with E-state index in [9.17, 15) is 14.4 Å². The molecular weight excluding hydrogens is 288 g/mol. The lowest BCUT2D eigenvalue weighted by atomic mass is 9.99. The summed E-state index contributed by atoms with van der Waals surface area (Å²) < 4.78 is 5.04. The molecule has 22 heavy (non-hydrogen) atoms. The Labute approximate surface area is 131 Å². The Hall–Kier alpha value is -1.79. The van der Waals surface area contributed by atoms with Crippen LogP contribution in [0.2, 0.25) is 0 Å². The van der Waals surface area contributed by atoms with Crippen molar-refractivity contribution in [2.24, 2.45) is 5.92 Å². The number of ether oxygens (including phenoxy) is 1. The molecule has 1 aliphatic rings. The molecule has 1 heterocycles. The summed E-state index contributed by atoms with van der Waals surface area (Å²) in [6.45, 7) is 6.21. The average molecular weight is 314 g/mol. The third kappa shape index (κ3) is 6.32. The number of nitrogens with one attached hydrogen (secondary N) is 1. The van der Waals surface area contributed by atoms with Gasteiger partial charge in [-0.1, -0.05) is 0 Å². The Balaban J connectivity index is 2.34. The number of urea groups is 1. The van der Waals surface area contributed by atoms with Gasteiger partial charge in [-0.2, -0.15) is 0 Å². The summed E-state index contributed by atoms with van der Waals surface area (Å²) in [5.41, 5.74) is 0. The largest absolute Gasteiger partial charge is 0.481 e.